The molecular weight excluding hydrogens is 336 g/mol. The summed E-state index contributed by atoms with van der Waals surface area (Å²) in [5.41, 5.74) is 0.884. The summed E-state index contributed by atoms with van der Waals surface area (Å²) < 4.78 is 6.07. The normalized spacial score (nSPS) is 45.5. The first-order chi connectivity index (χ1) is 12.7. The molecule has 3 heteroatoms. The molecule has 0 radical (unpaired) electrons. The van der Waals surface area contributed by atoms with E-state index in [1.807, 2.05) is 13.0 Å². The molecule has 4 aliphatic rings. The topological polar surface area (TPSA) is 43.4 Å². The molecule has 0 saturated heterocycles. The van der Waals surface area contributed by atoms with E-state index >= 15 is 0 Å². The number of methoxy groups -OCH3 is 1. The molecule has 0 spiro atoms. The van der Waals surface area contributed by atoms with Gasteiger partial charge < -0.3 is 4.74 Å². The highest BCUT2D eigenvalue weighted by molar-refractivity contribution is 5.91. The van der Waals surface area contributed by atoms with Crippen LogP contribution in [0.2, 0.25) is 0 Å². The van der Waals surface area contributed by atoms with Gasteiger partial charge >= 0.3 is 0 Å². The van der Waals surface area contributed by atoms with E-state index in [1.54, 1.807) is 7.11 Å². The van der Waals surface area contributed by atoms with Crippen LogP contribution in [0, 0.1) is 34.5 Å². The zero-order valence-corrected chi connectivity index (χ0v) is 17.8. The number of rotatable bonds is 3. The van der Waals surface area contributed by atoms with Crippen LogP contribution in [-0.4, -0.2) is 24.3 Å². The van der Waals surface area contributed by atoms with E-state index in [1.165, 1.54) is 12.0 Å². The van der Waals surface area contributed by atoms with E-state index in [9.17, 15) is 9.59 Å². The van der Waals surface area contributed by atoms with Crippen molar-refractivity contribution >= 4 is 11.6 Å². The summed E-state index contributed by atoms with van der Waals surface area (Å²) in [4.78, 5) is 25.1. The van der Waals surface area contributed by atoms with Gasteiger partial charge in [0.1, 0.15) is 5.60 Å². The quantitative estimate of drug-likeness (QED) is 0.690. The Labute approximate surface area is 164 Å². The molecule has 4 rings (SSSR count). The molecule has 0 aromatic carbocycles. The molecule has 4 aliphatic carbocycles. The molecule has 0 amide bonds. The van der Waals surface area contributed by atoms with Crippen LogP contribution in [0.4, 0.5) is 0 Å². The van der Waals surface area contributed by atoms with Gasteiger partial charge in [0.15, 0.2) is 11.6 Å². The number of fused-ring (bicyclic) bond motifs is 5. The van der Waals surface area contributed by atoms with Crippen LogP contribution in [0.15, 0.2) is 11.6 Å². The van der Waals surface area contributed by atoms with Crippen molar-refractivity contribution in [3.05, 3.63) is 11.6 Å². The minimum Gasteiger partial charge on any atom is -0.370 e. The second kappa shape index (κ2) is 6.27. The summed E-state index contributed by atoms with van der Waals surface area (Å²) in [6, 6.07) is 0. The van der Waals surface area contributed by atoms with Crippen molar-refractivity contribution < 1.29 is 14.3 Å². The largest absolute Gasteiger partial charge is 0.370 e. The van der Waals surface area contributed by atoms with Gasteiger partial charge in [-0.2, -0.15) is 0 Å². The molecule has 5 unspecified atom stereocenters. The van der Waals surface area contributed by atoms with Crippen LogP contribution >= 0.6 is 0 Å². The van der Waals surface area contributed by atoms with Crippen LogP contribution in [0.3, 0.4) is 0 Å². The van der Waals surface area contributed by atoms with Gasteiger partial charge in [0, 0.05) is 25.4 Å². The maximum atomic E-state index is 13.0. The third kappa shape index (κ3) is 2.49. The molecular formula is C24H36O3. The minimum absolute atomic E-state index is 0.0439. The molecule has 0 heterocycles. The van der Waals surface area contributed by atoms with Gasteiger partial charge in [-0.25, -0.2) is 0 Å². The number of carbonyl (C=O) groups is 2. The summed E-state index contributed by atoms with van der Waals surface area (Å²) in [7, 11) is 1.76. The number of hydrogen-bond donors (Lipinski definition) is 0. The molecule has 0 aromatic heterocycles. The fourth-order valence-corrected chi connectivity index (χ4v) is 7.96. The number of ketones is 2. The molecule has 0 N–H and O–H groups in total. The lowest BCUT2D eigenvalue weighted by atomic mass is 9.46. The van der Waals surface area contributed by atoms with E-state index in [4.69, 9.17) is 4.74 Å². The van der Waals surface area contributed by atoms with Crippen molar-refractivity contribution in [1.29, 1.82) is 0 Å². The van der Waals surface area contributed by atoms with E-state index in [0.717, 1.165) is 32.1 Å². The van der Waals surface area contributed by atoms with E-state index in [-0.39, 0.29) is 10.8 Å². The maximum absolute atomic E-state index is 13.0. The fraction of sp³-hybridized carbons (Fsp3) is 0.833. The van der Waals surface area contributed by atoms with Crippen molar-refractivity contribution in [2.24, 2.45) is 34.5 Å². The Balaban J connectivity index is 1.72. The number of allylic oxidation sites excluding steroid dienone is 1. The highest BCUT2D eigenvalue weighted by Gasteiger charge is 2.66. The standard InChI is InChI=1S/C24H36O3/c1-6-21(26)24(27-5)12-10-19-18-14-22(2,3)20-13-15(25)7-8-17(20)16(18)9-11-23(19,24)4/h13,16-19H,6-12,14H2,1-5H3/t16?,17?,18?,19?,23-,24?/m0/s1. The third-order valence-corrected chi connectivity index (χ3v) is 9.19. The van der Waals surface area contributed by atoms with Crippen LogP contribution in [0.25, 0.3) is 0 Å². The number of ether oxygens (including phenoxy) is 1. The van der Waals surface area contributed by atoms with E-state index < -0.39 is 5.60 Å². The minimum atomic E-state index is -0.583. The summed E-state index contributed by atoms with van der Waals surface area (Å²) >= 11 is 0. The Bertz CT molecular complexity index is 690. The first-order valence-corrected chi connectivity index (χ1v) is 11.0. The second-order valence-electron chi connectivity index (χ2n) is 10.5. The summed E-state index contributed by atoms with van der Waals surface area (Å²) in [6.07, 6.45) is 9.69. The second-order valence-corrected chi connectivity index (χ2v) is 10.5. The monoisotopic (exact) mass is 372 g/mol. The van der Waals surface area contributed by atoms with Crippen molar-refractivity contribution in [3.8, 4) is 0 Å². The lowest BCUT2D eigenvalue weighted by molar-refractivity contribution is -0.169. The molecule has 150 valence electrons. The van der Waals surface area contributed by atoms with Crippen molar-refractivity contribution in [1.82, 2.24) is 0 Å². The molecule has 0 aliphatic heterocycles. The first kappa shape index (κ1) is 19.4. The van der Waals surface area contributed by atoms with Crippen LogP contribution in [-0.2, 0) is 14.3 Å². The van der Waals surface area contributed by atoms with Crippen LogP contribution < -0.4 is 0 Å². The summed E-state index contributed by atoms with van der Waals surface area (Å²) in [5, 5.41) is 0. The Kier molecular flexibility index (Phi) is 4.50. The van der Waals surface area contributed by atoms with Gasteiger partial charge in [-0.05, 0) is 73.7 Å². The molecule has 6 atom stereocenters. The van der Waals surface area contributed by atoms with Gasteiger partial charge in [0.25, 0.3) is 0 Å². The van der Waals surface area contributed by atoms with Crippen molar-refractivity contribution in [2.75, 3.05) is 7.11 Å². The Morgan fingerprint density at radius 1 is 1.15 bits per heavy atom. The fourth-order valence-electron chi connectivity index (χ4n) is 7.96. The molecule has 3 nitrogen and oxygen atoms in total. The van der Waals surface area contributed by atoms with Gasteiger partial charge in [-0.3, -0.25) is 9.59 Å². The SMILES string of the molecule is CCC(=O)C1(OC)CCC2C3CC(C)(C)C4=CC(=O)CCC4C3CC[C@@]21C. The molecule has 0 bridgehead atoms. The predicted octanol–water partition coefficient (Wildman–Crippen LogP) is 5.13. The number of hydrogen-bond acceptors (Lipinski definition) is 3. The van der Waals surface area contributed by atoms with E-state index in [2.05, 4.69) is 20.8 Å². The van der Waals surface area contributed by atoms with Gasteiger partial charge in [-0.15, -0.1) is 0 Å². The van der Waals surface area contributed by atoms with E-state index in [0.29, 0.717) is 48.1 Å². The number of Topliss-reactive ketones (excluding diaryl/α,β-unsaturated/α-hetero) is 1. The van der Waals surface area contributed by atoms with Gasteiger partial charge in [-0.1, -0.05) is 33.3 Å². The Hall–Kier alpha value is -0.960. The zero-order valence-electron chi connectivity index (χ0n) is 17.8. The average Bonchev–Trinajstić information content (AvgIpc) is 2.94. The summed E-state index contributed by atoms with van der Waals surface area (Å²) in [6.45, 7) is 9.00. The van der Waals surface area contributed by atoms with Crippen LogP contribution in [0.5, 0.6) is 0 Å². The van der Waals surface area contributed by atoms with Gasteiger partial charge in [0.2, 0.25) is 0 Å². The smallest absolute Gasteiger partial charge is 0.164 e. The Morgan fingerprint density at radius 2 is 1.89 bits per heavy atom. The van der Waals surface area contributed by atoms with Crippen LogP contribution in [0.1, 0.15) is 79.1 Å². The van der Waals surface area contributed by atoms with Gasteiger partial charge in [0.05, 0.1) is 0 Å². The molecule has 3 saturated carbocycles. The third-order valence-electron chi connectivity index (χ3n) is 9.19. The van der Waals surface area contributed by atoms with Crippen molar-refractivity contribution in [2.45, 2.75) is 84.7 Å². The first-order valence-electron chi connectivity index (χ1n) is 11.0. The maximum Gasteiger partial charge on any atom is 0.164 e. The lowest BCUT2D eigenvalue weighted by Crippen LogP contribution is -2.58. The highest BCUT2D eigenvalue weighted by atomic mass is 16.5. The molecule has 0 aromatic rings. The Morgan fingerprint density at radius 3 is 2.56 bits per heavy atom. The average molecular weight is 373 g/mol. The predicted molar refractivity (Wildman–Crippen MR) is 106 cm³/mol. The lowest BCUT2D eigenvalue weighted by Gasteiger charge is -2.59. The highest BCUT2D eigenvalue weighted by Crippen LogP contribution is 2.68. The molecule has 3 fully saturated rings. The zero-order chi connectivity index (χ0) is 19.6. The number of carbonyl (C=O) groups excluding carboxylic acids is 2. The van der Waals surface area contributed by atoms with Crippen molar-refractivity contribution in [3.63, 3.8) is 0 Å². The molecule has 27 heavy (non-hydrogen) atoms. The summed E-state index contributed by atoms with van der Waals surface area (Å²) in [5.74, 6) is 3.08.